The van der Waals surface area contributed by atoms with Gasteiger partial charge in [-0.1, -0.05) is 36.9 Å². The van der Waals surface area contributed by atoms with E-state index < -0.39 is 16.3 Å². The van der Waals surface area contributed by atoms with E-state index >= 15 is 0 Å². The fraction of sp³-hybridized carbons (Fsp3) is 0.333. The lowest BCUT2D eigenvalue weighted by molar-refractivity contribution is -0.120. The van der Waals surface area contributed by atoms with Gasteiger partial charge in [-0.2, -0.15) is 4.31 Å². The number of ether oxygens (including phenoxy) is 1. The van der Waals surface area contributed by atoms with Crippen molar-refractivity contribution < 1.29 is 22.7 Å². The molecule has 2 saturated heterocycles. The number of carbonyl (C=O) groups excluding carboxylic acids is 2. The number of carbonyl (C=O) groups is 2. The summed E-state index contributed by atoms with van der Waals surface area (Å²) in [7, 11) is -3.73. The van der Waals surface area contributed by atoms with E-state index in [1.54, 1.807) is 0 Å². The zero-order valence-corrected chi connectivity index (χ0v) is 19.0. The van der Waals surface area contributed by atoms with Crippen LogP contribution in [0.1, 0.15) is 28.8 Å². The number of hydrogen-bond acceptors (Lipinski definition) is 5. The van der Waals surface area contributed by atoms with Crippen LogP contribution < -0.4 is 10.6 Å². The fourth-order valence-electron chi connectivity index (χ4n) is 4.24. The Balaban J connectivity index is 1.37. The van der Waals surface area contributed by atoms with Gasteiger partial charge in [-0.25, -0.2) is 8.42 Å². The quantitative estimate of drug-likeness (QED) is 0.604. The van der Waals surface area contributed by atoms with Crippen LogP contribution in [-0.4, -0.2) is 50.0 Å². The summed E-state index contributed by atoms with van der Waals surface area (Å²) >= 11 is 0. The molecule has 2 heterocycles. The van der Waals surface area contributed by atoms with Gasteiger partial charge in [-0.05, 0) is 54.7 Å². The molecular weight excluding hydrogens is 442 g/mol. The molecule has 2 aromatic rings. The van der Waals surface area contributed by atoms with Crippen molar-refractivity contribution in [1.29, 1.82) is 0 Å². The molecule has 174 valence electrons. The lowest BCUT2D eigenvalue weighted by atomic mass is 9.94. The van der Waals surface area contributed by atoms with Gasteiger partial charge in [0, 0.05) is 25.2 Å². The molecule has 8 nitrogen and oxygen atoms in total. The van der Waals surface area contributed by atoms with Crippen LogP contribution in [0.5, 0.6) is 0 Å². The first-order valence-electron chi connectivity index (χ1n) is 10.9. The van der Waals surface area contributed by atoms with Crippen molar-refractivity contribution in [2.24, 2.45) is 5.92 Å². The number of nitrogens with zero attached hydrogens (tertiary/aromatic N) is 1. The first-order chi connectivity index (χ1) is 15.9. The van der Waals surface area contributed by atoms with Crippen LogP contribution in [0, 0.1) is 5.92 Å². The van der Waals surface area contributed by atoms with Gasteiger partial charge in [-0.15, -0.1) is 0 Å². The minimum atomic E-state index is -3.73. The van der Waals surface area contributed by atoms with Gasteiger partial charge in [0.1, 0.15) is 6.23 Å². The molecule has 0 radical (unpaired) electrons. The second-order valence-corrected chi connectivity index (χ2v) is 10.2. The van der Waals surface area contributed by atoms with Crippen LogP contribution >= 0.6 is 0 Å². The number of amides is 2. The van der Waals surface area contributed by atoms with E-state index in [2.05, 4.69) is 17.2 Å². The molecule has 0 spiro atoms. The maximum Gasteiger partial charge on any atom is 0.251 e. The van der Waals surface area contributed by atoms with E-state index in [1.165, 1.54) is 34.6 Å². The molecule has 3 unspecified atom stereocenters. The number of sulfonamides is 1. The van der Waals surface area contributed by atoms with E-state index in [-0.39, 0.29) is 35.3 Å². The Bertz CT molecular complexity index is 1120. The average Bonchev–Trinajstić information content (AvgIpc) is 3.24. The standard InChI is InChI=1S/C24H27N3O5S/c1-2-22(28)26-23-14-19-12-13-27(16-21(19)32-23)33(30,31)20-10-8-18(9-11-20)24(29)25-15-17-6-4-3-5-7-17/h2-11,19,21,23H,1,12-16H2,(H,25,29)(H,26,28). The van der Waals surface area contributed by atoms with Gasteiger partial charge < -0.3 is 15.4 Å². The molecule has 2 aromatic carbocycles. The molecule has 4 rings (SSSR count). The van der Waals surface area contributed by atoms with Gasteiger partial charge >= 0.3 is 0 Å². The molecule has 2 aliphatic heterocycles. The molecule has 0 saturated carbocycles. The van der Waals surface area contributed by atoms with Gasteiger partial charge in [0.15, 0.2) is 0 Å². The van der Waals surface area contributed by atoms with Gasteiger partial charge in [0.25, 0.3) is 5.91 Å². The van der Waals surface area contributed by atoms with E-state index in [1.807, 2.05) is 30.3 Å². The minimum absolute atomic E-state index is 0.134. The topological polar surface area (TPSA) is 105 Å². The molecule has 2 amide bonds. The van der Waals surface area contributed by atoms with E-state index in [9.17, 15) is 18.0 Å². The predicted octanol–water partition coefficient (Wildman–Crippen LogP) is 2.04. The zero-order chi connectivity index (χ0) is 23.4. The zero-order valence-electron chi connectivity index (χ0n) is 18.1. The lowest BCUT2D eigenvalue weighted by Crippen LogP contribution is -2.45. The highest BCUT2D eigenvalue weighted by Gasteiger charge is 2.42. The molecular formula is C24H27N3O5S. The highest BCUT2D eigenvalue weighted by atomic mass is 32.2. The lowest BCUT2D eigenvalue weighted by Gasteiger charge is -2.33. The van der Waals surface area contributed by atoms with Gasteiger partial charge in [0.05, 0.1) is 11.0 Å². The van der Waals surface area contributed by atoms with E-state index in [0.717, 1.165) is 5.56 Å². The number of piperidine rings is 1. The summed E-state index contributed by atoms with van der Waals surface area (Å²) in [5, 5.41) is 5.55. The molecule has 0 aromatic heterocycles. The van der Waals surface area contributed by atoms with Gasteiger partial charge in [-0.3, -0.25) is 9.59 Å². The highest BCUT2D eigenvalue weighted by Crippen LogP contribution is 2.34. The Hall–Kier alpha value is -3.01. The molecule has 33 heavy (non-hydrogen) atoms. The summed E-state index contributed by atoms with van der Waals surface area (Å²) < 4.78 is 33.6. The van der Waals surface area contributed by atoms with Crippen LogP contribution in [0.25, 0.3) is 0 Å². The molecule has 3 atom stereocenters. The molecule has 2 aliphatic rings. The van der Waals surface area contributed by atoms with Crippen molar-refractivity contribution in [2.75, 3.05) is 13.1 Å². The Morgan fingerprint density at radius 1 is 1.12 bits per heavy atom. The summed E-state index contributed by atoms with van der Waals surface area (Å²) in [5.74, 6) is -0.381. The summed E-state index contributed by atoms with van der Waals surface area (Å²) in [5.41, 5.74) is 1.37. The van der Waals surface area contributed by atoms with E-state index in [4.69, 9.17) is 4.74 Å². The summed E-state index contributed by atoms with van der Waals surface area (Å²) in [6.07, 6.45) is 1.80. The average molecular weight is 470 g/mol. The summed E-state index contributed by atoms with van der Waals surface area (Å²) in [4.78, 5) is 24.1. The Labute approximate surface area is 193 Å². The largest absolute Gasteiger partial charge is 0.354 e. The Morgan fingerprint density at radius 2 is 1.85 bits per heavy atom. The number of fused-ring (bicyclic) bond motifs is 1. The number of rotatable bonds is 7. The van der Waals surface area contributed by atoms with Crippen LogP contribution in [-0.2, 0) is 26.1 Å². The van der Waals surface area contributed by atoms with Crippen LogP contribution in [0.15, 0.2) is 72.1 Å². The van der Waals surface area contributed by atoms with Crippen molar-refractivity contribution >= 4 is 21.8 Å². The summed E-state index contributed by atoms with van der Waals surface area (Å²) in [6, 6.07) is 15.5. The van der Waals surface area contributed by atoms with Crippen molar-refractivity contribution in [3.05, 3.63) is 78.4 Å². The smallest absolute Gasteiger partial charge is 0.251 e. The van der Waals surface area contributed by atoms with Crippen molar-refractivity contribution in [3.63, 3.8) is 0 Å². The Kier molecular flexibility index (Phi) is 6.92. The third-order valence-electron chi connectivity index (χ3n) is 6.05. The monoisotopic (exact) mass is 469 g/mol. The van der Waals surface area contributed by atoms with Crippen molar-refractivity contribution in [2.45, 2.75) is 36.6 Å². The summed E-state index contributed by atoms with van der Waals surface area (Å²) in [6.45, 7) is 4.44. The third kappa shape index (κ3) is 5.32. The second-order valence-electron chi connectivity index (χ2n) is 8.22. The number of hydrogen-bond donors (Lipinski definition) is 2. The van der Waals surface area contributed by atoms with Crippen molar-refractivity contribution in [1.82, 2.24) is 14.9 Å². The van der Waals surface area contributed by atoms with Gasteiger partial charge in [0.2, 0.25) is 15.9 Å². The van der Waals surface area contributed by atoms with Crippen LogP contribution in [0.4, 0.5) is 0 Å². The maximum absolute atomic E-state index is 13.2. The molecule has 2 N–H and O–H groups in total. The SMILES string of the molecule is C=CC(=O)NC1CC2CCN(S(=O)(=O)c3ccc(C(=O)NCc4ccccc4)cc3)CC2O1. The second kappa shape index (κ2) is 9.86. The molecule has 0 aliphatic carbocycles. The predicted molar refractivity (Wildman–Crippen MR) is 123 cm³/mol. The first kappa shape index (κ1) is 23.2. The molecule has 9 heteroatoms. The van der Waals surface area contributed by atoms with E-state index in [0.29, 0.717) is 31.5 Å². The Morgan fingerprint density at radius 3 is 2.55 bits per heavy atom. The first-order valence-corrected chi connectivity index (χ1v) is 12.3. The van der Waals surface area contributed by atoms with Crippen molar-refractivity contribution in [3.8, 4) is 0 Å². The van der Waals surface area contributed by atoms with Crippen LogP contribution in [0.3, 0.4) is 0 Å². The fourth-order valence-corrected chi connectivity index (χ4v) is 5.71. The minimum Gasteiger partial charge on any atom is -0.354 e. The maximum atomic E-state index is 13.2. The third-order valence-corrected chi connectivity index (χ3v) is 7.93. The highest BCUT2D eigenvalue weighted by molar-refractivity contribution is 7.89. The van der Waals surface area contributed by atoms with Crippen LogP contribution in [0.2, 0.25) is 0 Å². The molecule has 0 bridgehead atoms. The number of nitrogens with one attached hydrogen (secondary N) is 2. The molecule has 2 fully saturated rings. The number of benzene rings is 2. The normalized spacial score (nSPS) is 22.8.